The highest BCUT2D eigenvalue weighted by molar-refractivity contribution is 5.90. The molecule has 0 aliphatic heterocycles. The number of halogens is 1. The number of para-hydroxylation sites is 1. The van der Waals surface area contributed by atoms with Gasteiger partial charge in [-0.3, -0.25) is 4.98 Å². The topological polar surface area (TPSA) is 54.4 Å². The van der Waals surface area contributed by atoms with Crippen LogP contribution in [0.5, 0.6) is 11.5 Å². The number of nitrogens with zero attached hydrogens (tertiary/aromatic N) is 1. The molecule has 0 aliphatic rings. The molecule has 0 bridgehead atoms. The lowest BCUT2D eigenvalue weighted by Gasteiger charge is -2.12. The van der Waals surface area contributed by atoms with Crippen LogP contribution in [0.4, 0.5) is 10.1 Å². The number of hydrogen-bond donors (Lipinski definition) is 2. The van der Waals surface area contributed by atoms with Crippen LogP contribution in [0, 0.1) is 5.82 Å². The number of nitrogens with one attached hydrogen (secondary N) is 1. The fourth-order valence-electron chi connectivity index (χ4n) is 2.34. The molecule has 2 N–H and O–H groups in total. The van der Waals surface area contributed by atoms with Gasteiger partial charge in [-0.25, -0.2) is 4.39 Å². The predicted octanol–water partition coefficient (Wildman–Crippen LogP) is 3.70. The van der Waals surface area contributed by atoms with E-state index in [2.05, 4.69) is 10.3 Å². The van der Waals surface area contributed by atoms with Gasteiger partial charge in [0.05, 0.1) is 12.6 Å². The van der Waals surface area contributed by atoms with E-state index in [-0.39, 0.29) is 11.6 Å². The van der Waals surface area contributed by atoms with Crippen LogP contribution in [0.25, 0.3) is 10.9 Å². The van der Waals surface area contributed by atoms with Gasteiger partial charge in [-0.05, 0) is 24.3 Å². The Labute approximate surface area is 127 Å². The Bertz CT molecular complexity index is 821. The molecule has 0 radical (unpaired) electrons. The van der Waals surface area contributed by atoms with Crippen molar-refractivity contribution in [2.24, 2.45) is 0 Å². The van der Waals surface area contributed by atoms with Crippen LogP contribution in [-0.4, -0.2) is 17.2 Å². The van der Waals surface area contributed by atoms with E-state index in [0.29, 0.717) is 23.4 Å². The molecular weight excluding hydrogens is 283 g/mol. The van der Waals surface area contributed by atoms with Gasteiger partial charge in [0, 0.05) is 35.4 Å². The van der Waals surface area contributed by atoms with E-state index in [4.69, 9.17) is 4.74 Å². The first kappa shape index (κ1) is 14.1. The molecule has 0 unspecified atom stereocenters. The van der Waals surface area contributed by atoms with Crippen LogP contribution in [0.2, 0.25) is 0 Å². The first-order valence-corrected chi connectivity index (χ1v) is 6.82. The van der Waals surface area contributed by atoms with Gasteiger partial charge in [0.1, 0.15) is 5.82 Å². The van der Waals surface area contributed by atoms with Gasteiger partial charge in [-0.1, -0.05) is 12.1 Å². The van der Waals surface area contributed by atoms with Gasteiger partial charge in [0.15, 0.2) is 11.5 Å². The van der Waals surface area contributed by atoms with Crippen molar-refractivity contribution in [1.29, 1.82) is 0 Å². The molecule has 3 rings (SSSR count). The van der Waals surface area contributed by atoms with Crippen molar-refractivity contribution >= 4 is 16.6 Å². The molecule has 2 aromatic carbocycles. The lowest BCUT2D eigenvalue weighted by molar-refractivity contribution is 0.371. The number of anilines is 1. The third-order valence-electron chi connectivity index (χ3n) is 3.48. The summed E-state index contributed by atoms with van der Waals surface area (Å²) in [5.41, 5.74) is 2.12. The molecule has 1 aromatic heterocycles. The lowest BCUT2D eigenvalue weighted by Crippen LogP contribution is -2.01. The van der Waals surface area contributed by atoms with Crippen molar-refractivity contribution in [3.63, 3.8) is 0 Å². The molecule has 1 heterocycles. The fourth-order valence-corrected chi connectivity index (χ4v) is 2.34. The van der Waals surface area contributed by atoms with Crippen LogP contribution in [-0.2, 0) is 6.54 Å². The van der Waals surface area contributed by atoms with Gasteiger partial charge in [0.2, 0.25) is 0 Å². The number of phenolic OH excluding ortho intramolecular Hbond substituents is 1. The van der Waals surface area contributed by atoms with Crippen molar-refractivity contribution in [3.05, 3.63) is 60.0 Å². The molecule has 22 heavy (non-hydrogen) atoms. The summed E-state index contributed by atoms with van der Waals surface area (Å²) in [6.45, 7) is 0.416. The molecule has 0 aliphatic carbocycles. The van der Waals surface area contributed by atoms with E-state index in [0.717, 1.165) is 11.1 Å². The third kappa shape index (κ3) is 2.65. The number of pyridine rings is 1. The van der Waals surface area contributed by atoms with Crippen LogP contribution in [0.1, 0.15) is 5.56 Å². The second kappa shape index (κ2) is 5.89. The number of hydrogen-bond acceptors (Lipinski definition) is 4. The van der Waals surface area contributed by atoms with E-state index in [1.165, 1.54) is 19.2 Å². The number of methoxy groups -OCH3 is 1. The maximum atomic E-state index is 13.2. The molecule has 0 saturated carbocycles. The minimum Gasteiger partial charge on any atom is -0.504 e. The van der Waals surface area contributed by atoms with E-state index in [9.17, 15) is 9.50 Å². The predicted molar refractivity (Wildman–Crippen MR) is 83.7 cm³/mol. The first-order valence-electron chi connectivity index (χ1n) is 6.82. The Kier molecular flexibility index (Phi) is 3.78. The lowest BCUT2D eigenvalue weighted by atomic mass is 10.1. The zero-order valence-corrected chi connectivity index (χ0v) is 12.0. The summed E-state index contributed by atoms with van der Waals surface area (Å²) >= 11 is 0. The normalized spacial score (nSPS) is 10.6. The summed E-state index contributed by atoms with van der Waals surface area (Å²) in [6.07, 6.45) is 1.62. The van der Waals surface area contributed by atoms with E-state index < -0.39 is 0 Å². The number of ether oxygens (including phenoxy) is 1. The van der Waals surface area contributed by atoms with E-state index in [1.807, 2.05) is 18.2 Å². The van der Waals surface area contributed by atoms with Crippen molar-refractivity contribution in [1.82, 2.24) is 4.98 Å². The zero-order valence-electron chi connectivity index (χ0n) is 12.0. The van der Waals surface area contributed by atoms with E-state index in [1.54, 1.807) is 18.3 Å². The smallest absolute Gasteiger partial charge is 0.162 e. The molecule has 0 amide bonds. The molecule has 0 fully saturated rings. The van der Waals surface area contributed by atoms with Gasteiger partial charge >= 0.3 is 0 Å². The standard InChI is InChI=1S/C17H15FN2O2/c1-22-16-4-2-3-11(17(16)21)10-20-14-7-8-19-15-9-12(18)5-6-13(14)15/h2-9,21H,10H2,1H3,(H,19,20). The highest BCUT2D eigenvalue weighted by atomic mass is 19.1. The van der Waals surface area contributed by atoms with Crippen LogP contribution in [0.15, 0.2) is 48.7 Å². The molecule has 0 spiro atoms. The summed E-state index contributed by atoms with van der Waals surface area (Å²) in [5.74, 6) is 0.227. The quantitative estimate of drug-likeness (QED) is 0.771. The molecule has 3 aromatic rings. The summed E-state index contributed by atoms with van der Waals surface area (Å²) in [4.78, 5) is 4.15. The average molecular weight is 298 g/mol. The molecular formula is C17H15FN2O2. The van der Waals surface area contributed by atoms with Gasteiger partial charge in [0.25, 0.3) is 0 Å². The first-order chi connectivity index (χ1) is 10.7. The summed E-state index contributed by atoms with van der Waals surface area (Å²) in [7, 11) is 1.51. The molecule has 4 nitrogen and oxygen atoms in total. The monoisotopic (exact) mass is 298 g/mol. The fraction of sp³-hybridized carbons (Fsp3) is 0.118. The highest BCUT2D eigenvalue weighted by Gasteiger charge is 2.08. The number of rotatable bonds is 4. The second-order valence-corrected chi connectivity index (χ2v) is 4.84. The summed E-state index contributed by atoms with van der Waals surface area (Å²) < 4.78 is 18.3. The Hall–Kier alpha value is -2.82. The maximum absolute atomic E-state index is 13.2. The Balaban J connectivity index is 1.88. The summed E-state index contributed by atoms with van der Waals surface area (Å²) in [5, 5.41) is 14.2. The van der Waals surface area contributed by atoms with Crippen molar-refractivity contribution < 1.29 is 14.2 Å². The average Bonchev–Trinajstić information content (AvgIpc) is 2.53. The van der Waals surface area contributed by atoms with Gasteiger partial charge in [-0.15, -0.1) is 0 Å². The van der Waals surface area contributed by atoms with Crippen molar-refractivity contribution in [3.8, 4) is 11.5 Å². The Morgan fingerprint density at radius 2 is 2.09 bits per heavy atom. The minimum absolute atomic E-state index is 0.113. The van der Waals surface area contributed by atoms with Gasteiger partial charge < -0.3 is 15.2 Å². The van der Waals surface area contributed by atoms with Crippen molar-refractivity contribution in [2.45, 2.75) is 6.54 Å². The second-order valence-electron chi connectivity index (χ2n) is 4.84. The number of phenols is 1. The summed E-state index contributed by atoms with van der Waals surface area (Å²) in [6, 6.07) is 11.6. The Morgan fingerprint density at radius 1 is 1.23 bits per heavy atom. The molecule has 0 atom stereocenters. The van der Waals surface area contributed by atoms with Crippen LogP contribution < -0.4 is 10.1 Å². The number of aromatic hydroxyl groups is 1. The van der Waals surface area contributed by atoms with Crippen LogP contribution >= 0.6 is 0 Å². The van der Waals surface area contributed by atoms with Crippen LogP contribution in [0.3, 0.4) is 0 Å². The van der Waals surface area contributed by atoms with E-state index >= 15 is 0 Å². The SMILES string of the molecule is COc1cccc(CNc2ccnc3cc(F)ccc23)c1O. The molecule has 5 heteroatoms. The molecule has 0 saturated heterocycles. The Morgan fingerprint density at radius 3 is 2.91 bits per heavy atom. The van der Waals surface area contributed by atoms with Crippen molar-refractivity contribution in [2.75, 3.05) is 12.4 Å². The highest BCUT2D eigenvalue weighted by Crippen LogP contribution is 2.30. The maximum Gasteiger partial charge on any atom is 0.162 e. The number of aromatic nitrogens is 1. The minimum atomic E-state index is -0.317. The third-order valence-corrected chi connectivity index (χ3v) is 3.48. The number of fused-ring (bicyclic) bond motifs is 1. The van der Waals surface area contributed by atoms with Gasteiger partial charge in [-0.2, -0.15) is 0 Å². The largest absolute Gasteiger partial charge is 0.504 e. The molecule has 112 valence electrons. The number of benzene rings is 2. The zero-order chi connectivity index (χ0) is 15.5.